The molecular formula is C17H25N5O3. The summed E-state index contributed by atoms with van der Waals surface area (Å²) in [7, 11) is 0. The van der Waals surface area contributed by atoms with Crippen molar-refractivity contribution in [1.29, 1.82) is 0 Å². The van der Waals surface area contributed by atoms with Crippen molar-refractivity contribution in [3.05, 3.63) is 50.2 Å². The van der Waals surface area contributed by atoms with Gasteiger partial charge in [-0.05, 0) is 5.92 Å². The van der Waals surface area contributed by atoms with Crippen molar-refractivity contribution >= 4 is 5.82 Å². The SMILES string of the molecule is CC(C)c1cc(NCc2cn(CCO)c(=O)[nH]c2=O)nc(C(C)C)n1. The zero-order valence-electron chi connectivity index (χ0n) is 15.0. The minimum atomic E-state index is -0.533. The van der Waals surface area contributed by atoms with Crippen LogP contribution in [0.15, 0.2) is 21.9 Å². The quantitative estimate of drug-likeness (QED) is 0.693. The van der Waals surface area contributed by atoms with Gasteiger partial charge >= 0.3 is 5.69 Å². The van der Waals surface area contributed by atoms with E-state index in [9.17, 15) is 9.59 Å². The molecule has 0 aliphatic heterocycles. The van der Waals surface area contributed by atoms with E-state index in [1.54, 1.807) is 0 Å². The van der Waals surface area contributed by atoms with Crippen molar-refractivity contribution in [3.63, 3.8) is 0 Å². The van der Waals surface area contributed by atoms with Gasteiger partial charge in [0.1, 0.15) is 11.6 Å². The lowest BCUT2D eigenvalue weighted by atomic mass is 10.1. The van der Waals surface area contributed by atoms with E-state index in [0.717, 1.165) is 11.5 Å². The molecule has 136 valence electrons. The highest BCUT2D eigenvalue weighted by Crippen LogP contribution is 2.19. The van der Waals surface area contributed by atoms with E-state index in [1.807, 2.05) is 19.9 Å². The predicted molar refractivity (Wildman–Crippen MR) is 95.9 cm³/mol. The lowest BCUT2D eigenvalue weighted by molar-refractivity contribution is 0.273. The van der Waals surface area contributed by atoms with Gasteiger partial charge in [0.15, 0.2) is 0 Å². The summed E-state index contributed by atoms with van der Waals surface area (Å²) in [6.45, 7) is 8.34. The number of H-pyrrole nitrogens is 1. The Morgan fingerprint density at radius 1 is 1.20 bits per heavy atom. The van der Waals surface area contributed by atoms with Crippen LogP contribution in [0.5, 0.6) is 0 Å². The standard InChI is InChI=1S/C17H25N5O3/c1-10(2)13-7-14(20-15(19-13)11(3)4)18-8-12-9-22(5-6-23)17(25)21-16(12)24/h7,9-11,23H,5-6,8H2,1-4H3,(H,18,19,20)(H,21,24,25). The molecule has 0 saturated heterocycles. The number of nitrogens with zero attached hydrogens (tertiary/aromatic N) is 3. The van der Waals surface area contributed by atoms with Crippen LogP contribution in [0.2, 0.25) is 0 Å². The summed E-state index contributed by atoms with van der Waals surface area (Å²) in [6.07, 6.45) is 1.46. The molecule has 0 aromatic carbocycles. The van der Waals surface area contributed by atoms with E-state index in [1.165, 1.54) is 10.8 Å². The molecule has 0 aliphatic rings. The summed E-state index contributed by atoms with van der Waals surface area (Å²) >= 11 is 0. The van der Waals surface area contributed by atoms with Gasteiger partial charge < -0.3 is 10.4 Å². The smallest absolute Gasteiger partial charge is 0.328 e. The molecule has 0 aliphatic carbocycles. The van der Waals surface area contributed by atoms with Crippen LogP contribution in [0, 0.1) is 0 Å². The third kappa shape index (κ3) is 4.76. The molecule has 2 rings (SSSR count). The molecule has 0 amide bonds. The number of rotatable bonds is 7. The minimum absolute atomic E-state index is 0.130. The molecule has 3 N–H and O–H groups in total. The van der Waals surface area contributed by atoms with E-state index < -0.39 is 11.2 Å². The van der Waals surface area contributed by atoms with Crippen LogP contribution in [0.3, 0.4) is 0 Å². The first-order valence-corrected chi connectivity index (χ1v) is 8.38. The molecule has 2 aromatic rings. The van der Waals surface area contributed by atoms with Crippen LogP contribution in [0.4, 0.5) is 5.82 Å². The van der Waals surface area contributed by atoms with E-state index in [2.05, 4.69) is 34.1 Å². The van der Waals surface area contributed by atoms with Gasteiger partial charge in [-0.3, -0.25) is 14.3 Å². The summed E-state index contributed by atoms with van der Waals surface area (Å²) < 4.78 is 1.28. The molecule has 0 radical (unpaired) electrons. The van der Waals surface area contributed by atoms with Crippen LogP contribution in [-0.4, -0.2) is 31.2 Å². The van der Waals surface area contributed by atoms with Crippen molar-refractivity contribution < 1.29 is 5.11 Å². The lowest BCUT2D eigenvalue weighted by Gasteiger charge is -2.13. The van der Waals surface area contributed by atoms with Gasteiger partial charge in [-0.15, -0.1) is 0 Å². The first kappa shape index (κ1) is 18.9. The Labute approximate surface area is 146 Å². The Balaban J connectivity index is 2.28. The fourth-order valence-electron chi connectivity index (χ4n) is 2.27. The number of hydrogen-bond donors (Lipinski definition) is 3. The molecule has 0 fully saturated rings. The number of aromatic amines is 1. The number of aliphatic hydroxyl groups is 1. The second-order valence-electron chi connectivity index (χ2n) is 6.53. The second-order valence-corrected chi connectivity index (χ2v) is 6.53. The summed E-state index contributed by atoms with van der Waals surface area (Å²) in [4.78, 5) is 34.9. The maximum absolute atomic E-state index is 12.0. The molecule has 0 unspecified atom stereocenters. The molecule has 0 spiro atoms. The van der Waals surface area contributed by atoms with Gasteiger partial charge in [-0.2, -0.15) is 0 Å². The first-order chi connectivity index (χ1) is 11.8. The Bertz CT molecular complexity index is 813. The molecule has 0 atom stereocenters. The predicted octanol–water partition coefficient (Wildman–Crippen LogP) is 1.18. The van der Waals surface area contributed by atoms with E-state index >= 15 is 0 Å². The fourth-order valence-corrected chi connectivity index (χ4v) is 2.27. The summed E-state index contributed by atoms with van der Waals surface area (Å²) in [5.74, 6) is 1.83. The molecular weight excluding hydrogens is 322 g/mol. The Morgan fingerprint density at radius 2 is 1.92 bits per heavy atom. The van der Waals surface area contributed by atoms with Crippen LogP contribution in [0.25, 0.3) is 0 Å². The van der Waals surface area contributed by atoms with Crippen LogP contribution in [0.1, 0.15) is 56.6 Å². The average molecular weight is 347 g/mol. The fraction of sp³-hybridized carbons (Fsp3) is 0.529. The van der Waals surface area contributed by atoms with Crippen LogP contribution >= 0.6 is 0 Å². The highest BCUT2D eigenvalue weighted by Gasteiger charge is 2.11. The highest BCUT2D eigenvalue weighted by atomic mass is 16.3. The third-order valence-electron chi connectivity index (χ3n) is 3.76. The Morgan fingerprint density at radius 3 is 2.52 bits per heavy atom. The Kier molecular flexibility index (Phi) is 6.08. The van der Waals surface area contributed by atoms with Crippen LogP contribution in [-0.2, 0) is 13.1 Å². The van der Waals surface area contributed by atoms with Gasteiger partial charge in [-0.1, -0.05) is 27.7 Å². The monoisotopic (exact) mass is 347 g/mol. The summed E-state index contributed by atoms with van der Waals surface area (Å²) in [5, 5.41) is 12.1. The third-order valence-corrected chi connectivity index (χ3v) is 3.76. The number of aliphatic hydroxyl groups excluding tert-OH is 1. The molecule has 8 heteroatoms. The summed E-state index contributed by atoms with van der Waals surface area (Å²) in [6, 6.07) is 1.87. The molecule has 0 saturated carbocycles. The number of hydrogen-bond acceptors (Lipinski definition) is 6. The maximum atomic E-state index is 12.0. The molecule has 2 aromatic heterocycles. The van der Waals surface area contributed by atoms with Crippen molar-refractivity contribution in [2.24, 2.45) is 0 Å². The van der Waals surface area contributed by atoms with Gasteiger partial charge in [0.05, 0.1) is 18.7 Å². The van der Waals surface area contributed by atoms with E-state index in [0.29, 0.717) is 11.4 Å². The molecule has 0 bridgehead atoms. The molecule has 8 nitrogen and oxygen atoms in total. The number of aromatic nitrogens is 4. The van der Waals surface area contributed by atoms with Gasteiger partial charge in [0.25, 0.3) is 5.56 Å². The van der Waals surface area contributed by atoms with Crippen molar-refractivity contribution in [2.45, 2.75) is 52.6 Å². The van der Waals surface area contributed by atoms with Crippen molar-refractivity contribution in [3.8, 4) is 0 Å². The Hall–Kier alpha value is -2.48. The van der Waals surface area contributed by atoms with Crippen LogP contribution < -0.4 is 16.6 Å². The summed E-state index contributed by atoms with van der Waals surface area (Å²) in [5.41, 5.74) is 0.340. The van der Waals surface area contributed by atoms with Crippen molar-refractivity contribution in [2.75, 3.05) is 11.9 Å². The van der Waals surface area contributed by atoms with Gasteiger partial charge in [-0.25, -0.2) is 14.8 Å². The van der Waals surface area contributed by atoms with Crippen molar-refractivity contribution in [1.82, 2.24) is 19.5 Å². The van der Waals surface area contributed by atoms with Gasteiger partial charge in [0, 0.05) is 30.4 Å². The minimum Gasteiger partial charge on any atom is -0.395 e. The largest absolute Gasteiger partial charge is 0.395 e. The highest BCUT2D eigenvalue weighted by molar-refractivity contribution is 5.38. The molecule has 2 heterocycles. The average Bonchev–Trinajstić information content (AvgIpc) is 2.56. The topological polar surface area (TPSA) is 113 Å². The maximum Gasteiger partial charge on any atom is 0.328 e. The number of anilines is 1. The zero-order chi connectivity index (χ0) is 18.6. The van der Waals surface area contributed by atoms with Gasteiger partial charge in [0.2, 0.25) is 0 Å². The molecule has 25 heavy (non-hydrogen) atoms. The van der Waals surface area contributed by atoms with E-state index in [-0.39, 0.29) is 31.5 Å². The van der Waals surface area contributed by atoms with E-state index in [4.69, 9.17) is 5.11 Å². The zero-order valence-corrected chi connectivity index (χ0v) is 15.0. The first-order valence-electron chi connectivity index (χ1n) is 8.38. The normalized spacial score (nSPS) is 11.3. The lowest BCUT2D eigenvalue weighted by Crippen LogP contribution is -2.33. The number of nitrogens with one attached hydrogen (secondary N) is 2. The second kappa shape index (κ2) is 8.06.